The topological polar surface area (TPSA) is 53.2 Å². The molecule has 0 amide bonds. The summed E-state index contributed by atoms with van der Waals surface area (Å²) in [4.78, 5) is 23.2. The molecular weight excluding hydrogens is 232 g/mol. The van der Waals surface area contributed by atoms with Gasteiger partial charge in [-0.15, -0.1) is 0 Å². The van der Waals surface area contributed by atoms with Crippen LogP contribution < -0.4 is 16.0 Å². The van der Waals surface area contributed by atoms with Crippen LogP contribution in [0.1, 0.15) is 6.92 Å². The number of hydrogen-bond acceptors (Lipinski definition) is 3. The zero-order chi connectivity index (χ0) is 13.1. The van der Waals surface area contributed by atoms with Gasteiger partial charge in [-0.2, -0.15) is 0 Å². The Morgan fingerprint density at radius 3 is 2.39 bits per heavy atom. The van der Waals surface area contributed by atoms with Gasteiger partial charge in [0, 0.05) is 19.3 Å². The highest BCUT2D eigenvalue weighted by Crippen LogP contribution is 2.13. The van der Waals surface area contributed by atoms with Crippen LogP contribution >= 0.6 is 0 Å². The molecule has 2 aromatic rings. The van der Waals surface area contributed by atoms with Crippen LogP contribution in [-0.2, 0) is 7.05 Å². The Labute approximate surface area is 104 Å². The molecule has 0 saturated carbocycles. The molecular formula is C13H14N2O3. The van der Waals surface area contributed by atoms with Gasteiger partial charge in [0.15, 0.2) is 0 Å². The van der Waals surface area contributed by atoms with Crippen LogP contribution in [0.25, 0.3) is 5.69 Å². The first-order valence-electron chi connectivity index (χ1n) is 5.65. The molecule has 5 nitrogen and oxygen atoms in total. The third-order valence-corrected chi connectivity index (χ3v) is 2.62. The van der Waals surface area contributed by atoms with Gasteiger partial charge in [0.05, 0.1) is 12.3 Å². The predicted molar refractivity (Wildman–Crippen MR) is 68.4 cm³/mol. The molecule has 0 radical (unpaired) electrons. The lowest BCUT2D eigenvalue weighted by atomic mass is 10.3. The van der Waals surface area contributed by atoms with E-state index in [-0.39, 0.29) is 11.2 Å². The molecule has 0 bridgehead atoms. The summed E-state index contributed by atoms with van der Waals surface area (Å²) in [5.41, 5.74) is 0.00731. The number of aromatic nitrogens is 2. The Bertz CT molecular complexity index is 653. The standard InChI is InChI=1S/C13H14N2O3/c1-3-18-11-6-4-10(5-7-11)15-9-8-12(16)14(2)13(15)17/h4-9H,3H2,1-2H3. The van der Waals surface area contributed by atoms with Crippen LogP contribution in [0.15, 0.2) is 46.1 Å². The molecule has 94 valence electrons. The fraction of sp³-hybridized carbons (Fsp3) is 0.231. The summed E-state index contributed by atoms with van der Waals surface area (Å²) in [5, 5.41) is 0. The van der Waals surface area contributed by atoms with Crippen LogP contribution in [0.2, 0.25) is 0 Å². The van der Waals surface area contributed by atoms with Gasteiger partial charge in [0.1, 0.15) is 5.75 Å². The summed E-state index contributed by atoms with van der Waals surface area (Å²) < 4.78 is 7.81. The second kappa shape index (κ2) is 4.91. The minimum Gasteiger partial charge on any atom is -0.494 e. The Morgan fingerprint density at radius 2 is 1.78 bits per heavy atom. The van der Waals surface area contributed by atoms with Gasteiger partial charge in [-0.25, -0.2) is 4.79 Å². The average Bonchev–Trinajstić information content (AvgIpc) is 2.38. The van der Waals surface area contributed by atoms with E-state index < -0.39 is 0 Å². The lowest BCUT2D eigenvalue weighted by Crippen LogP contribution is -2.36. The van der Waals surface area contributed by atoms with Crippen molar-refractivity contribution in [2.45, 2.75) is 6.92 Å². The maximum absolute atomic E-state index is 11.9. The lowest BCUT2D eigenvalue weighted by molar-refractivity contribution is 0.340. The van der Waals surface area contributed by atoms with Gasteiger partial charge >= 0.3 is 5.69 Å². The molecule has 0 saturated heterocycles. The van der Waals surface area contributed by atoms with Gasteiger partial charge in [0.2, 0.25) is 0 Å². The highest BCUT2D eigenvalue weighted by Gasteiger charge is 2.03. The molecule has 0 aliphatic heterocycles. The van der Waals surface area contributed by atoms with Crippen molar-refractivity contribution >= 4 is 0 Å². The SMILES string of the molecule is CCOc1ccc(-n2ccc(=O)n(C)c2=O)cc1. The largest absolute Gasteiger partial charge is 0.494 e. The number of benzene rings is 1. The van der Waals surface area contributed by atoms with E-state index in [1.807, 2.05) is 6.92 Å². The highest BCUT2D eigenvalue weighted by atomic mass is 16.5. The zero-order valence-corrected chi connectivity index (χ0v) is 10.3. The molecule has 0 atom stereocenters. The quantitative estimate of drug-likeness (QED) is 0.809. The number of rotatable bonds is 3. The van der Waals surface area contributed by atoms with Crippen molar-refractivity contribution in [2.24, 2.45) is 7.05 Å². The fourth-order valence-electron chi connectivity index (χ4n) is 1.64. The second-order valence-electron chi connectivity index (χ2n) is 3.79. The maximum Gasteiger partial charge on any atom is 0.335 e. The second-order valence-corrected chi connectivity index (χ2v) is 3.79. The van der Waals surface area contributed by atoms with Crippen LogP contribution in [0.5, 0.6) is 5.75 Å². The van der Waals surface area contributed by atoms with Crippen molar-refractivity contribution < 1.29 is 4.74 Å². The Balaban J connectivity index is 2.46. The van der Waals surface area contributed by atoms with Crippen molar-refractivity contribution in [1.82, 2.24) is 9.13 Å². The molecule has 0 aliphatic carbocycles. The first kappa shape index (κ1) is 12.2. The molecule has 0 N–H and O–H groups in total. The van der Waals surface area contributed by atoms with E-state index in [4.69, 9.17) is 4.74 Å². The third-order valence-electron chi connectivity index (χ3n) is 2.62. The summed E-state index contributed by atoms with van der Waals surface area (Å²) in [6.07, 6.45) is 1.47. The predicted octanol–water partition coefficient (Wildman–Crippen LogP) is 0.935. The van der Waals surface area contributed by atoms with Crippen molar-refractivity contribution in [3.63, 3.8) is 0 Å². The molecule has 1 aromatic heterocycles. The normalized spacial score (nSPS) is 10.3. The minimum absolute atomic E-state index is 0.317. The lowest BCUT2D eigenvalue weighted by Gasteiger charge is -2.08. The summed E-state index contributed by atoms with van der Waals surface area (Å²) >= 11 is 0. The van der Waals surface area contributed by atoms with Gasteiger partial charge < -0.3 is 4.74 Å². The van der Waals surface area contributed by atoms with E-state index in [1.54, 1.807) is 24.3 Å². The van der Waals surface area contributed by atoms with Crippen molar-refractivity contribution in [3.05, 3.63) is 57.4 Å². The van der Waals surface area contributed by atoms with E-state index in [9.17, 15) is 9.59 Å². The first-order chi connectivity index (χ1) is 8.63. The molecule has 0 spiro atoms. The molecule has 18 heavy (non-hydrogen) atoms. The van der Waals surface area contributed by atoms with E-state index in [1.165, 1.54) is 23.9 Å². The summed E-state index contributed by atoms with van der Waals surface area (Å²) in [7, 11) is 1.45. The van der Waals surface area contributed by atoms with E-state index in [0.29, 0.717) is 12.3 Å². The molecule has 0 unspecified atom stereocenters. The smallest absolute Gasteiger partial charge is 0.335 e. The Morgan fingerprint density at radius 1 is 1.11 bits per heavy atom. The average molecular weight is 246 g/mol. The number of nitrogens with zero attached hydrogens (tertiary/aromatic N) is 2. The van der Waals surface area contributed by atoms with Gasteiger partial charge in [-0.3, -0.25) is 13.9 Å². The first-order valence-corrected chi connectivity index (χ1v) is 5.65. The van der Waals surface area contributed by atoms with Crippen LogP contribution in [0.4, 0.5) is 0 Å². The Kier molecular flexibility index (Phi) is 3.32. The number of ether oxygens (including phenoxy) is 1. The molecule has 0 aliphatic rings. The molecule has 1 heterocycles. The van der Waals surface area contributed by atoms with Gasteiger partial charge in [-0.1, -0.05) is 0 Å². The van der Waals surface area contributed by atoms with Crippen molar-refractivity contribution in [1.29, 1.82) is 0 Å². The van der Waals surface area contributed by atoms with E-state index in [2.05, 4.69) is 0 Å². The summed E-state index contributed by atoms with van der Waals surface area (Å²) in [5.74, 6) is 0.749. The maximum atomic E-state index is 11.9. The van der Waals surface area contributed by atoms with Crippen LogP contribution in [0, 0.1) is 0 Å². The summed E-state index contributed by atoms with van der Waals surface area (Å²) in [6.45, 7) is 2.50. The van der Waals surface area contributed by atoms with Gasteiger partial charge in [0.25, 0.3) is 5.56 Å². The van der Waals surface area contributed by atoms with Gasteiger partial charge in [-0.05, 0) is 31.2 Å². The molecule has 2 rings (SSSR count). The van der Waals surface area contributed by atoms with Crippen molar-refractivity contribution in [2.75, 3.05) is 6.61 Å². The van der Waals surface area contributed by atoms with E-state index in [0.717, 1.165) is 10.3 Å². The monoisotopic (exact) mass is 246 g/mol. The summed E-state index contributed by atoms with van der Waals surface area (Å²) in [6, 6.07) is 8.48. The Hall–Kier alpha value is -2.30. The molecule has 5 heteroatoms. The van der Waals surface area contributed by atoms with E-state index >= 15 is 0 Å². The van der Waals surface area contributed by atoms with Crippen molar-refractivity contribution in [3.8, 4) is 11.4 Å². The van der Waals surface area contributed by atoms with Crippen LogP contribution in [0.3, 0.4) is 0 Å². The third kappa shape index (κ3) is 2.20. The molecule has 0 fully saturated rings. The minimum atomic E-state index is -0.369. The zero-order valence-electron chi connectivity index (χ0n) is 10.3. The number of hydrogen-bond donors (Lipinski definition) is 0. The molecule has 1 aromatic carbocycles. The van der Waals surface area contributed by atoms with Crippen LogP contribution in [-0.4, -0.2) is 15.7 Å². The highest BCUT2D eigenvalue weighted by molar-refractivity contribution is 5.37. The fourth-order valence-corrected chi connectivity index (χ4v) is 1.64.